The van der Waals surface area contributed by atoms with Crippen molar-refractivity contribution in [3.63, 3.8) is 0 Å². The molecule has 23 heavy (non-hydrogen) atoms. The molecule has 8 heteroatoms. The minimum atomic E-state index is -0.0872. The lowest BCUT2D eigenvalue weighted by Gasteiger charge is -2.26. The molecule has 0 spiro atoms. The molecule has 0 radical (unpaired) electrons. The van der Waals surface area contributed by atoms with Crippen LogP contribution in [0.15, 0.2) is 12.3 Å². The first-order valence-corrected chi connectivity index (χ1v) is 8.17. The van der Waals surface area contributed by atoms with Gasteiger partial charge in [0.15, 0.2) is 0 Å². The van der Waals surface area contributed by atoms with Crippen LogP contribution in [0.3, 0.4) is 0 Å². The lowest BCUT2D eigenvalue weighted by atomic mass is 10.1. The van der Waals surface area contributed by atoms with Gasteiger partial charge in [-0.3, -0.25) is 14.4 Å². The number of hydrogen-bond donors (Lipinski definition) is 2. The fourth-order valence-corrected chi connectivity index (χ4v) is 2.96. The number of nitrogens with one attached hydrogen (secondary N) is 2. The summed E-state index contributed by atoms with van der Waals surface area (Å²) in [7, 11) is 0. The SMILES string of the molecule is Cl.O=C(NCCN1CCOCC1)c1ccn(C2CCCNC2)n1. The summed E-state index contributed by atoms with van der Waals surface area (Å²) < 4.78 is 7.23. The Balaban J connectivity index is 0.00000192. The predicted molar refractivity (Wildman–Crippen MR) is 90.2 cm³/mol. The van der Waals surface area contributed by atoms with E-state index in [0.717, 1.165) is 58.8 Å². The molecule has 3 rings (SSSR count). The number of hydrogen-bond acceptors (Lipinski definition) is 5. The van der Waals surface area contributed by atoms with Gasteiger partial charge in [-0.15, -0.1) is 12.4 Å². The minimum absolute atomic E-state index is 0. The monoisotopic (exact) mass is 343 g/mol. The van der Waals surface area contributed by atoms with Crippen LogP contribution in [-0.4, -0.2) is 73.1 Å². The largest absolute Gasteiger partial charge is 0.379 e. The summed E-state index contributed by atoms with van der Waals surface area (Å²) in [6.45, 7) is 6.98. The van der Waals surface area contributed by atoms with Crippen molar-refractivity contribution >= 4 is 18.3 Å². The van der Waals surface area contributed by atoms with E-state index in [4.69, 9.17) is 4.74 Å². The summed E-state index contributed by atoms with van der Waals surface area (Å²) >= 11 is 0. The van der Waals surface area contributed by atoms with Gasteiger partial charge in [-0.05, 0) is 25.5 Å². The van der Waals surface area contributed by atoms with Crippen molar-refractivity contribution in [3.05, 3.63) is 18.0 Å². The molecule has 1 aromatic rings. The number of rotatable bonds is 5. The molecule has 2 aliphatic heterocycles. The quantitative estimate of drug-likeness (QED) is 0.804. The summed E-state index contributed by atoms with van der Waals surface area (Å²) in [6.07, 6.45) is 4.19. The number of nitrogens with zero attached hydrogens (tertiary/aromatic N) is 3. The van der Waals surface area contributed by atoms with E-state index in [1.54, 1.807) is 6.07 Å². The predicted octanol–water partition coefficient (Wildman–Crippen LogP) is 0.291. The van der Waals surface area contributed by atoms with Gasteiger partial charge < -0.3 is 15.4 Å². The third-order valence-corrected chi connectivity index (χ3v) is 4.30. The molecule has 1 amide bonds. The molecule has 0 saturated carbocycles. The topological polar surface area (TPSA) is 71.4 Å². The van der Waals surface area contributed by atoms with E-state index in [1.807, 2.05) is 10.9 Å². The minimum Gasteiger partial charge on any atom is -0.379 e. The molecule has 2 N–H and O–H groups in total. The number of aromatic nitrogens is 2. The summed E-state index contributed by atoms with van der Waals surface area (Å²) in [6, 6.07) is 2.17. The molecular formula is C15H26ClN5O2. The lowest BCUT2D eigenvalue weighted by molar-refractivity contribution is 0.0383. The average molecular weight is 344 g/mol. The van der Waals surface area contributed by atoms with Crippen molar-refractivity contribution in [2.45, 2.75) is 18.9 Å². The molecule has 0 aliphatic carbocycles. The Morgan fingerprint density at radius 1 is 1.43 bits per heavy atom. The average Bonchev–Trinajstić information content (AvgIpc) is 3.07. The smallest absolute Gasteiger partial charge is 0.271 e. The number of halogens is 1. The van der Waals surface area contributed by atoms with Gasteiger partial charge in [-0.1, -0.05) is 0 Å². The number of amides is 1. The molecule has 130 valence electrons. The molecular weight excluding hydrogens is 318 g/mol. The molecule has 2 saturated heterocycles. The Morgan fingerprint density at radius 2 is 2.26 bits per heavy atom. The second-order valence-corrected chi connectivity index (χ2v) is 5.89. The molecule has 2 aliphatic rings. The molecule has 1 unspecified atom stereocenters. The fourth-order valence-electron chi connectivity index (χ4n) is 2.96. The van der Waals surface area contributed by atoms with E-state index in [9.17, 15) is 4.79 Å². The number of carbonyl (C=O) groups is 1. The van der Waals surface area contributed by atoms with Crippen molar-refractivity contribution < 1.29 is 9.53 Å². The highest BCUT2D eigenvalue weighted by molar-refractivity contribution is 5.92. The van der Waals surface area contributed by atoms with Gasteiger partial charge in [-0.2, -0.15) is 5.10 Å². The van der Waals surface area contributed by atoms with Gasteiger partial charge in [0.2, 0.25) is 0 Å². The maximum absolute atomic E-state index is 12.1. The van der Waals surface area contributed by atoms with Crippen LogP contribution in [0.4, 0.5) is 0 Å². The lowest BCUT2D eigenvalue weighted by Crippen LogP contribution is -2.41. The Kier molecular flexibility index (Phi) is 7.29. The van der Waals surface area contributed by atoms with Gasteiger partial charge in [0.25, 0.3) is 5.91 Å². The third kappa shape index (κ3) is 5.17. The third-order valence-electron chi connectivity index (χ3n) is 4.30. The Bertz CT molecular complexity index is 484. The van der Waals surface area contributed by atoms with E-state index < -0.39 is 0 Å². The van der Waals surface area contributed by atoms with Gasteiger partial charge in [0, 0.05) is 38.9 Å². The molecule has 3 heterocycles. The van der Waals surface area contributed by atoms with Crippen LogP contribution in [0.1, 0.15) is 29.4 Å². The zero-order valence-corrected chi connectivity index (χ0v) is 14.2. The van der Waals surface area contributed by atoms with Crippen LogP contribution in [0, 0.1) is 0 Å². The number of ether oxygens (including phenoxy) is 1. The highest BCUT2D eigenvalue weighted by atomic mass is 35.5. The highest BCUT2D eigenvalue weighted by Crippen LogP contribution is 2.15. The zero-order valence-electron chi connectivity index (χ0n) is 13.4. The zero-order chi connectivity index (χ0) is 15.2. The van der Waals surface area contributed by atoms with Crippen LogP contribution in [0.5, 0.6) is 0 Å². The molecule has 1 atom stereocenters. The van der Waals surface area contributed by atoms with Crippen LogP contribution in [0.25, 0.3) is 0 Å². The van der Waals surface area contributed by atoms with Crippen molar-refractivity contribution in [1.29, 1.82) is 0 Å². The first-order valence-electron chi connectivity index (χ1n) is 8.17. The highest BCUT2D eigenvalue weighted by Gasteiger charge is 2.17. The van der Waals surface area contributed by atoms with Gasteiger partial charge in [0.1, 0.15) is 5.69 Å². The van der Waals surface area contributed by atoms with Gasteiger partial charge in [-0.25, -0.2) is 0 Å². The van der Waals surface area contributed by atoms with E-state index in [-0.39, 0.29) is 18.3 Å². The van der Waals surface area contributed by atoms with E-state index in [2.05, 4.69) is 20.6 Å². The van der Waals surface area contributed by atoms with Gasteiger partial charge >= 0.3 is 0 Å². The second kappa shape index (κ2) is 9.22. The van der Waals surface area contributed by atoms with Crippen LogP contribution in [-0.2, 0) is 4.74 Å². The molecule has 2 fully saturated rings. The molecule has 0 aromatic carbocycles. The van der Waals surface area contributed by atoms with E-state index in [0.29, 0.717) is 18.3 Å². The number of carbonyl (C=O) groups excluding carboxylic acids is 1. The Morgan fingerprint density at radius 3 is 3.00 bits per heavy atom. The summed E-state index contributed by atoms with van der Waals surface area (Å²) in [5.41, 5.74) is 0.507. The Labute approximate surface area is 143 Å². The fraction of sp³-hybridized carbons (Fsp3) is 0.733. The number of morpholine rings is 1. The van der Waals surface area contributed by atoms with Crippen LogP contribution < -0.4 is 10.6 Å². The first kappa shape index (κ1) is 18.2. The van der Waals surface area contributed by atoms with Crippen molar-refractivity contribution in [1.82, 2.24) is 25.3 Å². The molecule has 1 aromatic heterocycles. The Hall–Kier alpha value is -1.15. The van der Waals surface area contributed by atoms with Crippen molar-refractivity contribution in [3.8, 4) is 0 Å². The van der Waals surface area contributed by atoms with E-state index in [1.165, 1.54) is 0 Å². The van der Waals surface area contributed by atoms with Gasteiger partial charge in [0.05, 0.1) is 19.3 Å². The van der Waals surface area contributed by atoms with Crippen LogP contribution >= 0.6 is 12.4 Å². The summed E-state index contributed by atoms with van der Waals surface area (Å²) in [5, 5.41) is 10.7. The van der Waals surface area contributed by atoms with Crippen molar-refractivity contribution in [2.75, 3.05) is 52.5 Å². The summed E-state index contributed by atoms with van der Waals surface area (Å²) in [5.74, 6) is -0.0872. The first-order chi connectivity index (χ1) is 10.8. The second-order valence-electron chi connectivity index (χ2n) is 5.89. The number of piperidine rings is 1. The molecule has 7 nitrogen and oxygen atoms in total. The van der Waals surface area contributed by atoms with Crippen molar-refractivity contribution in [2.24, 2.45) is 0 Å². The maximum Gasteiger partial charge on any atom is 0.271 e. The normalized spacial score (nSPS) is 22.3. The van der Waals surface area contributed by atoms with E-state index >= 15 is 0 Å². The summed E-state index contributed by atoms with van der Waals surface area (Å²) in [4.78, 5) is 14.4. The standard InChI is InChI=1S/C15H25N5O2.ClH/c21-15(17-5-7-19-8-10-22-11-9-19)14-3-6-20(18-14)13-2-1-4-16-12-13;/h3,6,13,16H,1-2,4-5,7-12H2,(H,17,21);1H. The maximum atomic E-state index is 12.1. The molecule has 0 bridgehead atoms. The van der Waals surface area contributed by atoms with Crippen LogP contribution in [0.2, 0.25) is 0 Å².